The van der Waals surface area contributed by atoms with E-state index in [0.717, 1.165) is 35.8 Å². The van der Waals surface area contributed by atoms with Crippen molar-refractivity contribution in [2.45, 2.75) is 103 Å². The Morgan fingerprint density at radius 3 is 1.68 bits per heavy atom. The minimum Gasteiger partial charge on any atom is -0.491 e. The quantitative estimate of drug-likeness (QED) is 0.0776. The normalized spacial score (nSPS) is 13.0. The molecule has 0 bridgehead atoms. The third kappa shape index (κ3) is 18.6. The molecule has 0 spiro atoms. The highest BCUT2D eigenvalue weighted by molar-refractivity contribution is 7.47. The van der Waals surface area contributed by atoms with Crippen LogP contribution in [0, 0.1) is 0 Å². The fourth-order valence-electron chi connectivity index (χ4n) is 4.76. The highest BCUT2D eigenvalue weighted by Gasteiger charge is 2.20. The number of benzene rings is 2. The van der Waals surface area contributed by atoms with Crippen LogP contribution in [0.4, 0.5) is 0 Å². The summed E-state index contributed by atoms with van der Waals surface area (Å²) in [5.41, 5.74) is 0. The molecule has 0 saturated carbocycles. The molecular weight excluding hydrogens is 539 g/mol. The van der Waals surface area contributed by atoms with E-state index < -0.39 is 7.82 Å². The van der Waals surface area contributed by atoms with Crippen molar-refractivity contribution in [1.29, 1.82) is 0 Å². The zero-order valence-electron chi connectivity index (χ0n) is 25.4. The van der Waals surface area contributed by atoms with Gasteiger partial charge in [-0.15, -0.1) is 0 Å². The first-order chi connectivity index (χ1) is 20.1. The molecule has 0 amide bonds. The van der Waals surface area contributed by atoms with Crippen LogP contribution < -0.4 is 4.74 Å². The van der Waals surface area contributed by atoms with E-state index in [4.69, 9.17) is 23.3 Å². The van der Waals surface area contributed by atoms with Crippen molar-refractivity contribution in [2.75, 3.05) is 46.2 Å². The summed E-state index contributed by atoms with van der Waals surface area (Å²) < 4.78 is 38.8. The smallest absolute Gasteiger partial charge is 0.472 e. The van der Waals surface area contributed by atoms with Crippen LogP contribution in [0.2, 0.25) is 0 Å². The number of unbranched alkanes of at least 4 members (excludes halogenated alkanes) is 14. The summed E-state index contributed by atoms with van der Waals surface area (Å²) in [6.45, 7) is 4.37. The molecule has 0 aliphatic heterocycles. The molecular formula is C33H55O7P. The lowest BCUT2D eigenvalue weighted by atomic mass is 10.0. The molecule has 8 heteroatoms. The van der Waals surface area contributed by atoms with Crippen molar-refractivity contribution in [3.63, 3.8) is 0 Å². The molecule has 0 aromatic heterocycles. The summed E-state index contributed by atoms with van der Waals surface area (Å²) in [5, 5.41) is 2.22. The van der Waals surface area contributed by atoms with Gasteiger partial charge >= 0.3 is 7.82 Å². The molecule has 41 heavy (non-hydrogen) atoms. The van der Waals surface area contributed by atoms with Gasteiger partial charge in [-0.05, 0) is 17.9 Å². The van der Waals surface area contributed by atoms with Crippen LogP contribution in [0.1, 0.15) is 103 Å². The Bertz CT molecular complexity index is 933. The zero-order chi connectivity index (χ0) is 29.3. The van der Waals surface area contributed by atoms with E-state index >= 15 is 0 Å². The second-order valence-corrected chi connectivity index (χ2v) is 12.1. The SMILES string of the molecule is CCCCCCCCCCCCCCCCCOP(=O)(O)OCCOCCOCCOc1cccc2ccccc12. The first kappa shape index (κ1) is 35.7. The Balaban J connectivity index is 1.31. The molecule has 2 aromatic rings. The van der Waals surface area contributed by atoms with Gasteiger partial charge in [0.05, 0.1) is 39.6 Å². The maximum atomic E-state index is 12.0. The summed E-state index contributed by atoms with van der Waals surface area (Å²) in [4.78, 5) is 9.81. The highest BCUT2D eigenvalue weighted by Crippen LogP contribution is 2.43. The van der Waals surface area contributed by atoms with Crippen molar-refractivity contribution in [3.05, 3.63) is 42.5 Å². The van der Waals surface area contributed by atoms with Crippen LogP contribution in [0.3, 0.4) is 0 Å². The number of phosphoric acid groups is 1. The first-order valence-electron chi connectivity index (χ1n) is 16.0. The fourth-order valence-corrected chi connectivity index (χ4v) is 5.50. The van der Waals surface area contributed by atoms with Crippen LogP contribution in [-0.4, -0.2) is 51.1 Å². The van der Waals surface area contributed by atoms with Gasteiger partial charge in [0.2, 0.25) is 0 Å². The Kier molecular flexibility index (Phi) is 20.9. The van der Waals surface area contributed by atoms with Gasteiger partial charge < -0.3 is 19.1 Å². The molecule has 0 radical (unpaired) electrons. The third-order valence-electron chi connectivity index (χ3n) is 7.09. The van der Waals surface area contributed by atoms with E-state index in [0.29, 0.717) is 26.4 Å². The summed E-state index contributed by atoms with van der Waals surface area (Å²) >= 11 is 0. The maximum Gasteiger partial charge on any atom is 0.472 e. The van der Waals surface area contributed by atoms with Crippen LogP contribution in [0.5, 0.6) is 5.75 Å². The average Bonchev–Trinajstić information content (AvgIpc) is 2.98. The second kappa shape index (κ2) is 24.0. The molecule has 0 fully saturated rings. The minimum absolute atomic E-state index is 0.00315. The molecule has 1 unspecified atom stereocenters. The molecule has 0 saturated heterocycles. The van der Waals surface area contributed by atoms with Crippen molar-refractivity contribution >= 4 is 18.6 Å². The summed E-state index contributed by atoms with van der Waals surface area (Å²) in [7, 11) is -4.03. The predicted octanol–water partition coefficient (Wildman–Crippen LogP) is 9.26. The Labute approximate surface area is 248 Å². The topological polar surface area (TPSA) is 83.5 Å². The molecule has 234 valence electrons. The minimum atomic E-state index is -4.03. The van der Waals surface area contributed by atoms with Gasteiger partial charge in [-0.25, -0.2) is 4.57 Å². The van der Waals surface area contributed by atoms with Gasteiger partial charge in [-0.1, -0.05) is 133 Å². The first-order valence-corrected chi connectivity index (χ1v) is 17.5. The van der Waals surface area contributed by atoms with Crippen LogP contribution in [-0.2, 0) is 23.1 Å². The molecule has 2 rings (SSSR count). The monoisotopic (exact) mass is 594 g/mol. The molecule has 0 heterocycles. The van der Waals surface area contributed by atoms with Crippen molar-refractivity contribution < 1.29 is 32.7 Å². The lowest BCUT2D eigenvalue weighted by Crippen LogP contribution is -2.12. The zero-order valence-corrected chi connectivity index (χ0v) is 26.3. The van der Waals surface area contributed by atoms with Crippen molar-refractivity contribution in [1.82, 2.24) is 0 Å². The molecule has 7 nitrogen and oxygen atoms in total. The third-order valence-corrected chi connectivity index (χ3v) is 8.11. The number of hydrogen-bond donors (Lipinski definition) is 1. The number of ether oxygens (including phenoxy) is 3. The molecule has 2 aromatic carbocycles. The van der Waals surface area contributed by atoms with Gasteiger partial charge in [0, 0.05) is 5.39 Å². The van der Waals surface area contributed by atoms with E-state index in [2.05, 4.69) is 19.1 Å². The lowest BCUT2D eigenvalue weighted by molar-refractivity contribution is 0.0225. The molecule has 1 atom stereocenters. The predicted molar refractivity (Wildman–Crippen MR) is 168 cm³/mol. The number of phosphoric ester groups is 1. The summed E-state index contributed by atoms with van der Waals surface area (Å²) in [6, 6.07) is 14.1. The van der Waals surface area contributed by atoms with Gasteiger partial charge in [0.25, 0.3) is 0 Å². The van der Waals surface area contributed by atoms with Gasteiger partial charge in [-0.2, -0.15) is 0 Å². The Morgan fingerprint density at radius 1 is 0.561 bits per heavy atom. The Morgan fingerprint density at radius 2 is 1.05 bits per heavy atom. The molecule has 1 N–H and O–H groups in total. The molecule has 0 aliphatic rings. The second-order valence-electron chi connectivity index (χ2n) is 10.6. The van der Waals surface area contributed by atoms with E-state index in [1.807, 2.05) is 30.3 Å². The van der Waals surface area contributed by atoms with Crippen molar-refractivity contribution in [3.8, 4) is 5.75 Å². The van der Waals surface area contributed by atoms with E-state index in [1.165, 1.54) is 77.0 Å². The number of fused-ring (bicyclic) bond motifs is 1. The van der Waals surface area contributed by atoms with Crippen molar-refractivity contribution in [2.24, 2.45) is 0 Å². The van der Waals surface area contributed by atoms with Crippen LogP contribution in [0.15, 0.2) is 42.5 Å². The number of rotatable bonds is 28. The van der Waals surface area contributed by atoms with E-state index in [-0.39, 0.29) is 19.8 Å². The van der Waals surface area contributed by atoms with E-state index in [1.54, 1.807) is 0 Å². The van der Waals surface area contributed by atoms with Gasteiger partial charge in [0.1, 0.15) is 12.4 Å². The standard InChI is InChI=1S/C33H55O7P/c1-2-3-4-5-6-7-8-9-10-11-12-13-14-15-18-24-39-41(34,35)40-30-28-37-26-25-36-27-29-38-33-23-19-21-31-20-16-17-22-32(31)33/h16-17,19-23H,2-15,18,24-30H2,1H3,(H,34,35). The largest absolute Gasteiger partial charge is 0.491 e. The average molecular weight is 595 g/mol. The Hall–Kier alpha value is -1.47. The van der Waals surface area contributed by atoms with Crippen LogP contribution >= 0.6 is 7.82 Å². The van der Waals surface area contributed by atoms with Crippen LogP contribution in [0.25, 0.3) is 10.8 Å². The summed E-state index contributed by atoms with van der Waals surface area (Å²) in [5.74, 6) is 0.843. The molecule has 0 aliphatic carbocycles. The van der Waals surface area contributed by atoms with Gasteiger partial charge in [0.15, 0.2) is 0 Å². The number of hydrogen-bond acceptors (Lipinski definition) is 6. The lowest BCUT2D eigenvalue weighted by Gasteiger charge is -2.12. The highest BCUT2D eigenvalue weighted by atomic mass is 31.2. The van der Waals surface area contributed by atoms with E-state index in [9.17, 15) is 9.46 Å². The summed E-state index contributed by atoms with van der Waals surface area (Å²) in [6.07, 6.45) is 19.2. The fraction of sp³-hybridized carbons (Fsp3) is 0.697. The van der Waals surface area contributed by atoms with Gasteiger partial charge in [-0.3, -0.25) is 9.05 Å². The maximum absolute atomic E-state index is 12.0.